The van der Waals surface area contributed by atoms with E-state index in [0.29, 0.717) is 0 Å². The minimum absolute atomic E-state index is 0. The molecule has 0 unspecified atom stereocenters. The zero-order valence-electron chi connectivity index (χ0n) is 11.4. The minimum atomic E-state index is 0. The van der Waals surface area contributed by atoms with Crippen molar-refractivity contribution in [3.8, 4) is 0 Å². The maximum absolute atomic E-state index is 2.49. The second kappa shape index (κ2) is 14.8. The molecule has 0 fully saturated rings. The molecule has 0 amide bonds. The quantitative estimate of drug-likeness (QED) is 0.491. The largest absolute Gasteiger partial charge is 0.378 e. The average molecular weight is 248 g/mol. The van der Waals surface area contributed by atoms with Gasteiger partial charge in [-0.2, -0.15) is 0 Å². The van der Waals surface area contributed by atoms with E-state index in [1.807, 2.05) is 0 Å². The third kappa shape index (κ3) is 11.9. The van der Waals surface area contributed by atoms with Crippen molar-refractivity contribution in [2.24, 2.45) is 0 Å². The standard InChI is InChI=1S/C14H29N.ClH/c1-4-7-10-13-15(12-9-6-3)14-11-8-5-2;/h9,12H,4-8,10-11,13-14H2,1-3H3;1H. The molecule has 0 aliphatic rings. The molecule has 0 radical (unpaired) electrons. The lowest BCUT2D eigenvalue weighted by Crippen LogP contribution is -2.19. The number of hydrogen-bond donors (Lipinski definition) is 0. The molecule has 0 spiro atoms. The topological polar surface area (TPSA) is 3.24 Å². The molecule has 0 aromatic carbocycles. The van der Waals surface area contributed by atoms with Crippen LogP contribution in [0.4, 0.5) is 0 Å². The van der Waals surface area contributed by atoms with Gasteiger partial charge in [0.15, 0.2) is 0 Å². The Hall–Kier alpha value is -0.170. The van der Waals surface area contributed by atoms with Gasteiger partial charge in [0, 0.05) is 13.1 Å². The monoisotopic (exact) mass is 247 g/mol. The van der Waals surface area contributed by atoms with Gasteiger partial charge in [-0.1, -0.05) is 52.5 Å². The van der Waals surface area contributed by atoms with E-state index in [9.17, 15) is 0 Å². The van der Waals surface area contributed by atoms with Crippen LogP contribution in [0.3, 0.4) is 0 Å². The number of rotatable bonds is 10. The Morgan fingerprint density at radius 2 is 1.31 bits per heavy atom. The van der Waals surface area contributed by atoms with Crippen molar-refractivity contribution in [3.05, 3.63) is 12.3 Å². The summed E-state index contributed by atoms with van der Waals surface area (Å²) in [5.74, 6) is 0. The van der Waals surface area contributed by atoms with E-state index in [0.717, 1.165) is 6.42 Å². The molecule has 0 atom stereocenters. The van der Waals surface area contributed by atoms with Gasteiger partial charge in [0.05, 0.1) is 0 Å². The van der Waals surface area contributed by atoms with Crippen LogP contribution < -0.4 is 0 Å². The van der Waals surface area contributed by atoms with Crippen molar-refractivity contribution in [2.45, 2.75) is 65.7 Å². The van der Waals surface area contributed by atoms with Crippen molar-refractivity contribution < 1.29 is 0 Å². The van der Waals surface area contributed by atoms with Gasteiger partial charge in [-0.25, -0.2) is 0 Å². The lowest BCUT2D eigenvalue weighted by Gasteiger charge is -2.20. The zero-order valence-corrected chi connectivity index (χ0v) is 12.2. The second-order valence-electron chi connectivity index (χ2n) is 4.24. The highest BCUT2D eigenvalue weighted by atomic mass is 35.5. The molecular weight excluding hydrogens is 218 g/mol. The molecule has 16 heavy (non-hydrogen) atoms. The van der Waals surface area contributed by atoms with Gasteiger partial charge >= 0.3 is 0 Å². The fraction of sp³-hybridized carbons (Fsp3) is 0.857. The predicted octanol–water partition coefficient (Wildman–Crippen LogP) is 5.01. The first-order valence-corrected chi connectivity index (χ1v) is 6.75. The molecule has 0 N–H and O–H groups in total. The van der Waals surface area contributed by atoms with Gasteiger partial charge in [0.1, 0.15) is 0 Å². The van der Waals surface area contributed by atoms with Crippen molar-refractivity contribution >= 4 is 12.4 Å². The highest BCUT2D eigenvalue weighted by Crippen LogP contribution is 2.03. The molecule has 98 valence electrons. The number of allylic oxidation sites excluding steroid dienone is 1. The summed E-state index contributed by atoms with van der Waals surface area (Å²) in [4.78, 5) is 2.49. The fourth-order valence-electron chi connectivity index (χ4n) is 1.65. The molecule has 1 nitrogen and oxygen atoms in total. The van der Waals surface area contributed by atoms with Crippen LogP contribution in [0, 0.1) is 0 Å². The predicted molar refractivity (Wildman–Crippen MR) is 77.3 cm³/mol. The normalized spacial score (nSPS) is 10.4. The third-order valence-electron chi connectivity index (χ3n) is 2.65. The number of halogens is 1. The van der Waals surface area contributed by atoms with Crippen LogP contribution in [0.15, 0.2) is 12.3 Å². The van der Waals surface area contributed by atoms with Crippen LogP contribution in [0.25, 0.3) is 0 Å². The zero-order chi connectivity index (χ0) is 11.4. The van der Waals surface area contributed by atoms with Crippen LogP contribution in [0.1, 0.15) is 65.7 Å². The van der Waals surface area contributed by atoms with Gasteiger partial charge in [-0.3, -0.25) is 0 Å². The van der Waals surface area contributed by atoms with E-state index in [1.165, 1.54) is 51.6 Å². The SMILES string of the molecule is CCC=CN(CCCCC)CCCCC.Cl. The summed E-state index contributed by atoms with van der Waals surface area (Å²) in [5.41, 5.74) is 0. The van der Waals surface area contributed by atoms with Gasteiger partial charge in [0.2, 0.25) is 0 Å². The van der Waals surface area contributed by atoms with E-state index < -0.39 is 0 Å². The second-order valence-corrected chi connectivity index (χ2v) is 4.24. The van der Waals surface area contributed by atoms with E-state index >= 15 is 0 Å². The summed E-state index contributed by atoms with van der Waals surface area (Å²) in [6.07, 6.45) is 13.8. The molecule has 0 aromatic rings. The number of nitrogens with zero attached hydrogens (tertiary/aromatic N) is 1. The van der Waals surface area contributed by atoms with Gasteiger partial charge in [-0.05, 0) is 25.5 Å². The van der Waals surface area contributed by atoms with E-state index in [2.05, 4.69) is 37.9 Å². The van der Waals surface area contributed by atoms with Crippen LogP contribution in [-0.2, 0) is 0 Å². The van der Waals surface area contributed by atoms with Crippen molar-refractivity contribution in [2.75, 3.05) is 13.1 Å². The lowest BCUT2D eigenvalue weighted by atomic mass is 10.2. The average Bonchev–Trinajstić information content (AvgIpc) is 2.25. The molecule has 0 aromatic heterocycles. The van der Waals surface area contributed by atoms with Crippen molar-refractivity contribution in [1.82, 2.24) is 4.90 Å². The summed E-state index contributed by atoms with van der Waals surface area (Å²) in [6.45, 7) is 9.22. The summed E-state index contributed by atoms with van der Waals surface area (Å²) in [7, 11) is 0. The Morgan fingerprint density at radius 1 is 0.812 bits per heavy atom. The molecule has 0 heterocycles. The Bertz CT molecular complexity index is 136. The highest BCUT2D eigenvalue weighted by molar-refractivity contribution is 5.85. The first kappa shape index (κ1) is 18.2. The maximum atomic E-state index is 2.49. The fourth-order valence-corrected chi connectivity index (χ4v) is 1.65. The molecule has 0 saturated heterocycles. The number of unbranched alkanes of at least 4 members (excludes halogenated alkanes) is 4. The summed E-state index contributed by atoms with van der Waals surface area (Å²) >= 11 is 0. The Morgan fingerprint density at radius 3 is 1.69 bits per heavy atom. The first-order chi connectivity index (χ1) is 7.35. The Balaban J connectivity index is 0. The van der Waals surface area contributed by atoms with Crippen molar-refractivity contribution in [1.29, 1.82) is 0 Å². The van der Waals surface area contributed by atoms with Crippen molar-refractivity contribution in [3.63, 3.8) is 0 Å². The van der Waals surface area contributed by atoms with Crippen LogP contribution in [0.2, 0.25) is 0 Å². The van der Waals surface area contributed by atoms with E-state index in [4.69, 9.17) is 0 Å². The molecule has 0 aliphatic carbocycles. The Kier molecular flexibility index (Phi) is 16.9. The minimum Gasteiger partial charge on any atom is -0.378 e. The maximum Gasteiger partial charge on any atom is 0.0172 e. The van der Waals surface area contributed by atoms with Crippen LogP contribution >= 0.6 is 12.4 Å². The first-order valence-electron chi connectivity index (χ1n) is 6.75. The van der Waals surface area contributed by atoms with E-state index in [1.54, 1.807) is 0 Å². The smallest absolute Gasteiger partial charge is 0.0172 e. The van der Waals surface area contributed by atoms with Gasteiger partial charge in [-0.15, -0.1) is 12.4 Å². The molecule has 0 rings (SSSR count). The molecule has 0 aliphatic heterocycles. The van der Waals surface area contributed by atoms with Gasteiger partial charge < -0.3 is 4.90 Å². The third-order valence-corrected chi connectivity index (χ3v) is 2.65. The van der Waals surface area contributed by atoms with E-state index in [-0.39, 0.29) is 12.4 Å². The van der Waals surface area contributed by atoms with Crippen LogP contribution in [0.5, 0.6) is 0 Å². The van der Waals surface area contributed by atoms with Gasteiger partial charge in [0.25, 0.3) is 0 Å². The summed E-state index contributed by atoms with van der Waals surface area (Å²) in [5, 5.41) is 0. The number of hydrogen-bond acceptors (Lipinski definition) is 1. The summed E-state index contributed by atoms with van der Waals surface area (Å²) in [6, 6.07) is 0. The molecule has 0 bridgehead atoms. The Labute approximate surface area is 109 Å². The molecule has 0 saturated carbocycles. The van der Waals surface area contributed by atoms with Crippen LogP contribution in [-0.4, -0.2) is 18.0 Å². The highest BCUT2D eigenvalue weighted by Gasteiger charge is 1.97. The molecular formula is C14H30ClN. The lowest BCUT2D eigenvalue weighted by molar-refractivity contribution is 0.353. The summed E-state index contributed by atoms with van der Waals surface area (Å²) < 4.78 is 0. The molecule has 2 heteroatoms.